The molecule has 1 heterocycles. The Hall–Kier alpha value is -1.91. The number of nitrogens with zero attached hydrogens (tertiary/aromatic N) is 2. The van der Waals surface area contributed by atoms with Crippen molar-refractivity contribution in [2.24, 2.45) is 5.92 Å². The highest BCUT2D eigenvalue weighted by molar-refractivity contribution is 5.94. The highest BCUT2D eigenvalue weighted by Crippen LogP contribution is 2.26. The topological polar surface area (TPSA) is 40.6 Å². The molecule has 1 saturated heterocycles. The lowest BCUT2D eigenvalue weighted by atomic mass is 9.88. The van der Waals surface area contributed by atoms with E-state index in [9.17, 15) is 14.0 Å². The van der Waals surface area contributed by atoms with Crippen LogP contribution in [0.3, 0.4) is 0 Å². The minimum absolute atomic E-state index is 0.151. The Labute approximate surface area is 142 Å². The van der Waals surface area contributed by atoms with E-state index in [4.69, 9.17) is 0 Å². The van der Waals surface area contributed by atoms with E-state index in [1.807, 2.05) is 4.90 Å². The van der Waals surface area contributed by atoms with Crippen LogP contribution in [0.4, 0.5) is 4.39 Å². The van der Waals surface area contributed by atoms with Gasteiger partial charge in [-0.25, -0.2) is 4.39 Å². The minimum atomic E-state index is -0.398. The minimum Gasteiger partial charge on any atom is -0.341 e. The van der Waals surface area contributed by atoms with Crippen LogP contribution in [0.2, 0.25) is 0 Å². The van der Waals surface area contributed by atoms with Crippen LogP contribution in [-0.4, -0.2) is 47.8 Å². The fourth-order valence-corrected chi connectivity index (χ4v) is 3.75. The highest BCUT2D eigenvalue weighted by atomic mass is 19.1. The van der Waals surface area contributed by atoms with E-state index in [2.05, 4.69) is 0 Å². The molecule has 1 aromatic carbocycles. The molecule has 2 fully saturated rings. The maximum atomic E-state index is 13.3. The van der Waals surface area contributed by atoms with E-state index in [-0.39, 0.29) is 17.7 Å². The smallest absolute Gasteiger partial charge is 0.254 e. The molecule has 0 atom stereocenters. The third-order valence-corrected chi connectivity index (χ3v) is 5.12. The summed E-state index contributed by atoms with van der Waals surface area (Å²) >= 11 is 0. The van der Waals surface area contributed by atoms with Crippen molar-refractivity contribution in [2.45, 2.75) is 38.5 Å². The molecule has 1 aromatic rings. The van der Waals surface area contributed by atoms with Crippen LogP contribution < -0.4 is 0 Å². The summed E-state index contributed by atoms with van der Waals surface area (Å²) in [6.07, 6.45) is 6.31. The Morgan fingerprint density at radius 3 is 2.38 bits per heavy atom. The van der Waals surface area contributed by atoms with Crippen LogP contribution >= 0.6 is 0 Å². The molecule has 2 amide bonds. The number of benzene rings is 1. The first-order valence-corrected chi connectivity index (χ1v) is 8.99. The number of hydrogen-bond acceptors (Lipinski definition) is 2. The number of halogens is 1. The molecule has 0 radical (unpaired) electrons. The lowest BCUT2D eigenvalue weighted by Crippen LogP contribution is -2.40. The first-order chi connectivity index (χ1) is 11.6. The molecule has 2 aliphatic rings. The van der Waals surface area contributed by atoms with Crippen LogP contribution in [0.1, 0.15) is 48.9 Å². The molecule has 0 bridgehead atoms. The second-order valence-electron chi connectivity index (χ2n) is 6.82. The maximum absolute atomic E-state index is 13.3. The largest absolute Gasteiger partial charge is 0.341 e. The molecule has 0 N–H and O–H groups in total. The third-order valence-electron chi connectivity index (χ3n) is 5.12. The summed E-state index contributed by atoms with van der Waals surface area (Å²) in [7, 11) is 0. The van der Waals surface area contributed by atoms with Crippen molar-refractivity contribution in [1.29, 1.82) is 0 Å². The van der Waals surface area contributed by atoms with Crippen molar-refractivity contribution < 1.29 is 14.0 Å². The van der Waals surface area contributed by atoms with Crippen molar-refractivity contribution in [3.63, 3.8) is 0 Å². The quantitative estimate of drug-likeness (QED) is 0.835. The molecule has 1 saturated carbocycles. The second kappa shape index (κ2) is 7.77. The third kappa shape index (κ3) is 3.94. The predicted molar refractivity (Wildman–Crippen MR) is 90.1 cm³/mol. The van der Waals surface area contributed by atoms with Crippen LogP contribution in [0, 0.1) is 11.7 Å². The molecule has 4 nitrogen and oxygen atoms in total. The molecule has 0 spiro atoms. The van der Waals surface area contributed by atoms with Crippen LogP contribution in [0.5, 0.6) is 0 Å². The molecule has 24 heavy (non-hydrogen) atoms. The second-order valence-corrected chi connectivity index (χ2v) is 6.82. The number of carbonyl (C=O) groups excluding carboxylic acids is 2. The Balaban J connectivity index is 1.60. The van der Waals surface area contributed by atoms with Gasteiger partial charge in [-0.2, -0.15) is 0 Å². The molecular weight excluding hydrogens is 307 g/mol. The summed E-state index contributed by atoms with van der Waals surface area (Å²) in [4.78, 5) is 28.9. The lowest BCUT2D eigenvalue weighted by molar-refractivity contribution is -0.136. The molecule has 0 unspecified atom stereocenters. The van der Waals surface area contributed by atoms with Gasteiger partial charge in [-0.3, -0.25) is 9.59 Å². The fourth-order valence-electron chi connectivity index (χ4n) is 3.75. The van der Waals surface area contributed by atoms with Crippen molar-refractivity contribution >= 4 is 11.8 Å². The zero-order valence-corrected chi connectivity index (χ0v) is 14.0. The van der Waals surface area contributed by atoms with Gasteiger partial charge < -0.3 is 9.80 Å². The first kappa shape index (κ1) is 16.9. The summed E-state index contributed by atoms with van der Waals surface area (Å²) in [5, 5.41) is 0. The molecule has 5 heteroatoms. The Bertz CT molecular complexity index is 599. The number of carbonyl (C=O) groups is 2. The molecule has 3 rings (SSSR count). The van der Waals surface area contributed by atoms with Gasteiger partial charge in [0.05, 0.1) is 0 Å². The molecule has 130 valence electrons. The summed E-state index contributed by atoms with van der Waals surface area (Å²) in [6.45, 7) is 2.43. The van der Waals surface area contributed by atoms with Gasteiger partial charge in [0.25, 0.3) is 5.91 Å². The Kier molecular flexibility index (Phi) is 5.48. The van der Waals surface area contributed by atoms with E-state index >= 15 is 0 Å². The van der Waals surface area contributed by atoms with Crippen LogP contribution in [0.25, 0.3) is 0 Å². The van der Waals surface area contributed by atoms with Gasteiger partial charge in [-0.15, -0.1) is 0 Å². The Morgan fingerprint density at radius 1 is 0.917 bits per heavy atom. The normalized spacial score (nSPS) is 19.9. The van der Waals surface area contributed by atoms with E-state index in [0.29, 0.717) is 31.7 Å². The molecular formula is C19H25FN2O2. The van der Waals surface area contributed by atoms with Gasteiger partial charge >= 0.3 is 0 Å². The zero-order valence-electron chi connectivity index (χ0n) is 14.0. The van der Waals surface area contributed by atoms with Crippen molar-refractivity contribution in [3.8, 4) is 0 Å². The first-order valence-electron chi connectivity index (χ1n) is 8.99. The van der Waals surface area contributed by atoms with Gasteiger partial charge in [-0.05, 0) is 37.5 Å². The Morgan fingerprint density at radius 2 is 1.62 bits per heavy atom. The van der Waals surface area contributed by atoms with Crippen LogP contribution in [-0.2, 0) is 4.79 Å². The average molecular weight is 332 g/mol. The summed E-state index contributed by atoms with van der Waals surface area (Å²) in [5.74, 6) is -0.120. The summed E-state index contributed by atoms with van der Waals surface area (Å²) in [6, 6.07) is 5.81. The SMILES string of the molecule is O=C(c1cccc(F)c1)N1CCCN(C(=O)C2CCCCC2)CC1. The van der Waals surface area contributed by atoms with Crippen molar-refractivity contribution in [2.75, 3.05) is 26.2 Å². The standard InChI is InChI=1S/C19H25FN2O2/c20-17-9-4-8-16(14-17)19(24)22-11-5-10-21(12-13-22)18(23)15-6-2-1-3-7-15/h4,8-9,14-15H,1-3,5-7,10-13H2. The maximum Gasteiger partial charge on any atom is 0.254 e. The van der Waals surface area contributed by atoms with Crippen LogP contribution in [0.15, 0.2) is 24.3 Å². The van der Waals surface area contributed by atoms with E-state index < -0.39 is 5.82 Å². The number of rotatable bonds is 2. The van der Waals surface area contributed by atoms with Gasteiger partial charge in [0, 0.05) is 37.7 Å². The molecule has 0 aromatic heterocycles. The van der Waals surface area contributed by atoms with Crippen molar-refractivity contribution in [3.05, 3.63) is 35.6 Å². The van der Waals surface area contributed by atoms with E-state index in [1.165, 1.54) is 18.6 Å². The molecule has 1 aliphatic carbocycles. The van der Waals surface area contributed by atoms with Gasteiger partial charge in [-0.1, -0.05) is 25.3 Å². The lowest BCUT2D eigenvalue weighted by Gasteiger charge is -2.28. The summed E-state index contributed by atoms with van der Waals surface area (Å²) < 4.78 is 13.3. The predicted octanol–water partition coefficient (Wildman–Crippen LogP) is 3.08. The van der Waals surface area contributed by atoms with Gasteiger partial charge in [0.1, 0.15) is 5.82 Å². The average Bonchev–Trinajstić information content (AvgIpc) is 2.87. The van der Waals surface area contributed by atoms with Gasteiger partial charge in [0.15, 0.2) is 0 Å². The number of hydrogen-bond donors (Lipinski definition) is 0. The molecule has 1 aliphatic heterocycles. The fraction of sp³-hybridized carbons (Fsp3) is 0.579. The van der Waals surface area contributed by atoms with E-state index in [0.717, 1.165) is 32.1 Å². The highest BCUT2D eigenvalue weighted by Gasteiger charge is 2.28. The summed E-state index contributed by atoms with van der Waals surface area (Å²) in [5.41, 5.74) is 0.377. The van der Waals surface area contributed by atoms with Crippen molar-refractivity contribution in [1.82, 2.24) is 9.80 Å². The zero-order chi connectivity index (χ0) is 16.9. The van der Waals surface area contributed by atoms with E-state index in [1.54, 1.807) is 17.0 Å². The monoisotopic (exact) mass is 332 g/mol. The number of amides is 2. The van der Waals surface area contributed by atoms with Gasteiger partial charge in [0.2, 0.25) is 5.91 Å².